The molecule has 0 spiro atoms. The first-order valence-electron chi connectivity index (χ1n) is 4.64. The van der Waals surface area contributed by atoms with Gasteiger partial charge in [-0.05, 0) is 13.0 Å². The summed E-state index contributed by atoms with van der Waals surface area (Å²) >= 11 is 0. The van der Waals surface area contributed by atoms with Gasteiger partial charge in [0, 0.05) is 30.3 Å². The Kier molecular flexibility index (Phi) is 2.19. The molecule has 4 heteroatoms. The Bertz CT molecular complexity index is 573. The number of ether oxygens (including phenoxy) is 1. The van der Waals surface area contributed by atoms with Crippen molar-refractivity contribution in [1.29, 1.82) is 0 Å². The van der Waals surface area contributed by atoms with E-state index in [2.05, 4.69) is 4.98 Å². The molecule has 0 saturated heterocycles. The quantitative estimate of drug-likeness (QED) is 0.702. The van der Waals surface area contributed by atoms with Crippen molar-refractivity contribution in [3.05, 3.63) is 34.2 Å². The summed E-state index contributed by atoms with van der Waals surface area (Å²) in [6.45, 7) is 1.80. The molecule has 2 aromatic rings. The van der Waals surface area contributed by atoms with Gasteiger partial charge in [-0.2, -0.15) is 0 Å². The average Bonchev–Trinajstić information content (AvgIpc) is 2.26. The van der Waals surface area contributed by atoms with Gasteiger partial charge in [-0.1, -0.05) is 0 Å². The van der Waals surface area contributed by atoms with E-state index < -0.39 is 0 Å². The number of pyridine rings is 2. The second-order valence-corrected chi connectivity index (χ2v) is 3.48. The maximum absolute atomic E-state index is 11.7. The summed E-state index contributed by atoms with van der Waals surface area (Å²) in [5.74, 6) is 0.515. The summed E-state index contributed by atoms with van der Waals surface area (Å²) in [5, 5.41) is 0.940. The zero-order valence-corrected chi connectivity index (χ0v) is 8.94. The summed E-state index contributed by atoms with van der Waals surface area (Å²) in [7, 11) is 3.30. The molecule has 2 rings (SSSR count). The van der Waals surface area contributed by atoms with Crippen LogP contribution in [-0.2, 0) is 7.05 Å². The Morgan fingerprint density at radius 3 is 2.80 bits per heavy atom. The van der Waals surface area contributed by atoms with Crippen LogP contribution in [0.2, 0.25) is 0 Å². The molecule has 0 unspecified atom stereocenters. The van der Waals surface area contributed by atoms with Gasteiger partial charge in [0.05, 0.1) is 12.6 Å². The van der Waals surface area contributed by atoms with E-state index in [1.54, 1.807) is 37.9 Å². The third-order valence-electron chi connectivity index (χ3n) is 2.47. The fourth-order valence-electron chi connectivity index (χ4n) is 1.62. The van der Waals surface area contributed by atoms with E-state index >= 15 is 0 Å². The Morgan fingerprint density at radius 1 is 1.40 bits per heavy atom. The summed E-state index contributed by atoms with van der Waals surface area (Å²) in [6.07, 6.45) is 1.71. The smallest absolute Gasteiger partial charge is 0.253 e. The van der Waals surface area contributed by atoms with Crippen molar-refractivity contribution in [1.82, 2.24) is 9.55 Å². The average molecular weight is 204 g/mol. The van der Waals surface area contributed by atoms with Gasteiger partial charge in [0.1, 0.15) is 0 Å². The predicted octanol–water partition coefficient (Wildman–Crippen LogP) is 1.25. The summed E-state index contributed by atoms with van der Waals surface area (Å²) in [5.41, 5.74) is 1.56. The van der Waals surface area contributed by atoms with E-state index in [9.17, 15) is 4.79 Å². The molecule has 78 valence electrons. The first kappa shape index (κ1) is 9.71. The normalized spacial score (nSPS) is 10.6. The summed E-state index contributed by atoms with van der Waals surface area (Å²) in [6, 6.07) is 3.60. The number of hydrogen-bond acceptors (Lipinski definition) is 3. The van der Waals surface area contributed by atoms with Crippen LogP contribution in [0.5, 0.6) is 5.88 Å². The fraction of sp³-hybridized carbons (Fsp3) is 0.273. The van der Waals surface area contributed by atoms with Crippen LogP contribution in [-0.4, -0.2) is 16.7 Å². The molecule has 0 radical (unpaired) electrons. The monoisotopic (exact) mass is 204 g/mol. The minimum absolute atomic E-state index is 0.00996. The van der Waals surface area contributed by atoms with Crippen LogP contribution < -0.4 is 10.3 Å². The molecule has 0 saturated carbocycles. The van der Waals surface area contributed by atoms with Crippen molar-refractivity contribution in [2.24, 2.45) is 7.05 Å². The van der Waals surface area contributed by atoms with Gasteiger partial charge in [-0.3, -0.25) is 4.79 Å². The van der Waals surface area contributed by atoms with Crippen LogP contribution in [0, 0.1) is 6.92 Å². The summed E-state index contributed by atoms with van der Waals surface area (Å²) in [4.78, 5) is 15.8. The van der Waals surface area contributed by atoms with E-state index in [1.807, 2.05) is 6.07 Å². The van der Waals surface area contributed by atoms with Crippen molar-refractivity contribution < 1.29 is 4.74 Å². The highest BCUT2D eigenvalue weighted by atomic mass is 16.5. The number of rotatable bonds is 1. The molecule has 0 bridgehead atoms. The molecule has 0 aromatic carbocycles. The van der Waals surface area contributed by atoms with Gasteiger partial charge < -0.3 is 9.30 Å². The van der Waals surface area contributed by atoms with Gasteiger partial charge in [0.15, 0.2) is 0 Å². The highest BCUT2D eigenvalue weighted by Gasteiger charge is 2.04. The van der Waals surface area contributed by atoms with Gasteiger partial charge in [0.25, 0.3) is 5.56 Å². The lowest BCUT2D eigenvalue weighted by atomic mass is 10.2. The van der Waals surface area contributed by atoms with Crippen LogP contribution in [0.1, 0.15) is 5.56 Å². The zero-order chi connectivity index (χ0) is 11.0. The molecular weight excluding hydrogens is 192 g/mol. The molecule has 0 aliphatic rings. The maximum atomic E-state index is 11.7. The van der Waals surface area contributed by atoms with Crippen LogP contribution in [0.15, 0.2) is 23.1 Å². The molecular formula is C11H12N2O2. The van der Waals surface area contributed by atoms with E-state index in [4.69, 9.17) is 4.74 Å². The number of hydrogen-bond donors (Lipinski definition) is 0. The lowest BCUT2D eigenvalue weighted by molar-refractivity contribution is 0.398. The molecule has 0 amide bonds. The first-order valence-corrected chi connectivity index (χ1v) is 4.64. The van der Waals surface area contributed by atoms with Gasteiger partial charge in [-0.25, -0.2) is 4.98 Å². The van der Waals surface area contributed by atoms with Crippen molar-refractivity contribution >= 4 is 10.9 Å². The Balaban J connectivity index is 2.88. The van der Waals surface area contributed by atoms with Gasteiger partial charge in [0.2, 0.25) is 5.88 Å². The van der Waals surface area contributed by atoms with Crippen molar-refractivity contribution in [3.63, 3.8) is 0 Å². The molecule has 0 aliphatic heterocycles. The number of aromatic nitrogens is 2. The van der Waals surface area contributed by atoms with Crippen molar-refractivity contribution in [2.45, 2.75) is 6.92 Å². The van der Waals surface area contributed by atoms with Crippen LogP contribution in [0.4, 0.5) is 0 Å². The molecule has 0 fully saturated rings. The lowest BCUT2D eigenvalue weighted by Gasteiger charge is -2.07. The Hall–Kier alpha value is -1.84. The minimum Gasteiger partial charge on any atom is -0.481 e. The number of methoxy groups -OCH3 is 1. The standard InChI is InChI=1S/C11H12N2O2/c1-7-4-8-6-12-10(15-3)5-9(8)13(2)11(7)14/h4-6H,1-3H3. The van der Waals surface area contributed by atoms with Crippen molar-refractivity contribution in [3.8, 4) is 5.88 Å². The second-order valence-electron chi connectivity index (χ2n) is 3.48. The topological polar surface area (TPSA) is 44.1 Å². The largest absolute Gasteiger partial charge is 0.481 e. The summed E-state index contributed by atoms with van der Waals surface area (Å²) < 4.78 is 6.63. The van der Waals surface area contributed by atoms with Crippen LogP contribution >= 0.6 is 0 Å². The maximum Gasteiger partial charge on any atom is 0.253 e. The molecule has 15 heavy (non-hydrogen) atoms. The molecule has 2 heterocycles. The third-order valence-corrected chi connectivity index (χ3v) is 2.47. The zero-order valence-electron chi connectivity index (χ0n) is 8.94. The molecule has 0 N–H and O–H groups in total. The van der Waals surface area contributed by atoms with Crippen molar-refractivity contribution in [2.75, 3.05) is 7.11 Å². The number of aryl methyl sites for hydroxylation is 2. The van der Waals surface area contributed by atoms with E-state index in [0.29, 0.717) is 5.88 Å². The lowest BCUT2D eigenvalue weighted by Crippen LogP contribution is -2.19. The van der Waals surface area contributed by atoms with E-state index in [0.717, 1.165) is 16.5 Å². The van der Waals surface area contributed by atoms with Gasteiger partial charge in [-0.15, -0.1) is 0 Å². The van der Waals surface area contributed by atoms with Gasteiger partial charge >= 0.3 is 0 Å². The molecule has 0 atom stereocenters. The van der Waals surface area contributed by atoms with E-state index in [1.165, 1.54) is 0 Å². The van der Waals surface area contributed by atoms with E-state index in [-0.39, 0.29) is 5.56 Å². The Morgan fingerprint density at radius 2 is 2.13 bits per heavy atom. The molecule has 0 aliphatic carbocycles. The fourth-order valence-corrected chi connectivity index (χ4v) is 1.62. The highest BCUT2D eigenvalue weighted by Crippen LogP contribution is 2.16. The highest BCUT2D eigenvalue weighted by molar-refractivity contribution is 5.79. The minimum atomic E-state index is 0.00996. The number of fused-ring (bicyclic) bond motifs is 1. The Labute approximate surface area is 87.1 Å². The molecule has 4 nitrogen and oxygen atoms in total. The van der Waals surface area contributed by atoms with Crippen LogP contribution in [0.3, 0.4) is 0 Å². The SMILES string of the molecule is COc1cc2c(cn1)cc(C)c(=O)n2C. The third kappa shape index (κ3) is 1.48. The first-order chi connectivity index (χ1) is 7.13. The predicted molar refractivity (Wildman–Crippen MR) is 58.3 cm³/mol. The van der Waals surface area contributed by atoms with Crippen LogP contribution in [0.25, 0.3) is 10.9 Å². The number of nitrogens with zero attached hydrogens (tertiary/aromatic N) is 2. The molecule has 2 aromatic heterocycles. The second kappa shape index (κ2) is 3.38.